The van der Waals surface area contributed by atoms with Crippen LogP contribution in [0.5, 0.6) is 11.5 Å². The zero-order chi connectivity index (χ0) is 17.9. The fraction of sp³-hybridized carbons (Fsp3) is 0.389. The van der Waals surface area contributed by atoms with E-state index >= 15 is 0 Å². The average Bonchev–Trinajstić information content (AvgIpc) is 2.68. The van der Waals surface area contributed by atoms with Gasteiger partial charge < -0.3 is 24.6 Å². The highest BCUT2D eigenvalue weighted by Gasteiger charge is 2.20. The predicted octanol–water partition coefficient (Wildman–Crippen LogP) is 1.66. The maximum Gasteiger partial charge on any atom is 0.219 e. The van der Waals surface area contributed by atoms with E-state index in [1.54, 1.807) is 13.3 Å². The molecule has 8 nitrogen and oxygen atoms in total. The largest absolute Gasteiger partial charge is 0.486 e. The van der Waals surface area contributed by atoms with Crippen LogP contribution in [0.3, 0.4) is 0 Å². The Morgan fingerprint density at radius 3 is 2.58 bits per heavy atom. The molecule has 1 saturated heterocycles. The molecule has 26 heavy (non-hydrogen) atoms. The highest BCUT2D eigenvalue weighted by atomic mass is 16.6. The summed E-state index contributed by atoms with van der Waals surface area (Å²) in [6.07, 6.45) is 1.55. The minimum atomic E-state index is 0.119. The lowest BCUT2D eigenvalue weighted by atomic mass is 10.2. The number of carbonyl (C=O) groups excluding carboxylic acids is 1. The summed E-state index contributed by atoms with van der Waals surface area (Å²) in [5.74, 6) is 3.17. The molecule has 1 N–H and O–H groups in total. The van der Waals surface area contributed by atoms with Crippen LogP contribution in [0.4, 0.5) is 17.3 Å². The molecule has 1 fully saturated rings. The van der Waals surface area contributed by atoms with E-state index in [0.29, 0.717) is 32.1 Å². The summed E-state index contributed by atoms with van der Waals surface area (Å²) in [4.78, 5) is 24.1. The number of rotatable bonds is 3. The van der Waals surface area contributed by atoms with Gasteiger partial charge in [0.2, 0.25) is 5.91 Å². The molecule has 1 aromatic heterocycles. The molecule has 0 aliphatic carbocycles. The average molecular weight is 355 g/mol. The first-order valence-electron chi connectivity index (χ1n) is 8.68. The maximum atomic E-state index is 11.5. The number of fused-ring (bicyclic) bond motifs is 1. The highest BCUT2D eigenvalue weighted by molar-refractivity contribution is 5.73. The van der Waals surface area contributed by atoms with E-state index in [4.69, 9.17) is 9.47 Å². The van der Waals surface area contributed by atoms with Crippen LogP contribution in [0.25, 0.3) is 0 Å². The van der Waals surface area contributed by atoms with Crippen molar-refractivity contribution in [3.05, 3.63) is 30.6 Å². The molecule has 8 heteroatoms. The molecule has 136 valence electrons. The number of ether oxygens (including phenoxy) is 2. The van der Waals surface area contributed by atoms with Crippen LogP contribution in [-0.2, 0) is 4.79 Å². The predicted molar refractivity (Wildman–Crippen MR) is 97.2 cm³/mol. The molecule has 1 aromatic carbocycles. The van der Waals surface area contributed by atoms with Gasteiger partial charge in [-0.3, -0.25) is 4.79 Å². The third kappa shape index (κ3) is 3.49. The minimum absolute atomic E-state index is 0.119. The van der Waals surface area contributed by atoms with Crippen LogP contribution in [0.2, 0.25) is 0 Å². The van der Waals surface area contributed by atoms with Gasteiger partial charge in [0.25, 0.3) is 0 Å². The number of amides is 1. The molecular weight excluding hydrogens is 334 g/mol. The maximum absolute atomic E-state index is 11.5. The Kier molecular flexibility index (Phi) is 4.47. The van der Waals surface area contributed by atoms with Crippen LogP contribution in [-0.4, -0.2) is 60.2 Å². The van der Waals surface area contributed by atoms with E-state index in [0.717, 1.165) is 36.1 Å². The van der Waals surface area contributed by atoms with Gasteiger partial charge in [-0.25, -0.2) is 9.97 Å². The molecule has 0 saturated carbocycles. The molecule has 3 heterocycles. The number of nitrogens with zero attached hydrogens (tertiary/aromatic N) is 4. The van der Waals surface area contributed by atoms with Gasteiger partial charge in [-0.05, 0) is 12.1 Å². The van der Waals surface area contributed by atoms with Crippen molar-refractivity contribution >= 4 is 23.2 Å². The minimum Gasteiger partial charge on any atom is -0.486 e. The zero-order valence-corrected chi connectivity index (χ0v) is 14.6. The van der Waals surface area contributed by atoms with Gasteiger partial charge in [0.1, 0.15) is 31.2 Å². The second-order valence-electron chi connectivity index (χ2n) is 6.24. The van der Waals surface area contributed by atoms with Crippen LogP contribution in [0.15, 0.2) is 30.6 Å². The number of hydrogen-bond donors (Lipinski definition) is 1. The van der Waals surface area contributed by atoms with Gasteiger partial charge in [0.15, 0.2) is 11.5 Å². The fourth-order valence-electron chi connectivity index (χ4n) is 3.11. The topological polar surface area (TPSA) is 79.8 Å². The van der Waals surface area contributed by atoms with Crippen LogP contribution in [0, 0.1) is 0 Å². The zero-order valence-electron chi connectivity index (χ0n) is 14.6. The van der Waals surface area contributed by atoms with Crippen LogP contribution >= 0.6 is 0 Å². The van der Waals surface area contributed by atoms with E-state index in [1.165, 1.54) is 0 Å². The Morgan fingerprint density at radius 1 is 1.04 bits per heavy atom. The standard InChI is InChI=1S/C18H21N5O3/c1-13(24)22-4-6-23(7-5-22)18-11-17(19-12-20-18)21-14-2-3-15-16(10-14)26-9-8-25-15/h2-3,10-12H,4-9H2,1H3,(H,19,20,21). The van der Waals surface area contributed by atoms with Crippen LogP contribution < -0.4 is 19.7 Å². The molecule has 1 amide bonds. The van der Waals surface area contributed by atoms with Gasteiger partial charge in [-0.2, -0.15) is 0 Å². The van der Waals surface area contributed by atoms with E-state index in [-0.39, 0.29) is 5.91 Å². The first kappa shape index (κ1) is 16.4. The second-order valence-corrected chi connectivity index (χ2v) is 6.24. The Labute approximate surface area is 151 Å². The summed E-state index contributed by atoms with van der Waals surface area (Å²) in [5.41, 5.74) is 0.875. The van der Waals surface area contributed by atoms with E-state index < -0.39 is 0 Å². The number of nitrogens with one attached hydrogen (secondary N) is 1. The van der Waals surface area contributed by atoms with Crippen molar-refractivity contribution in [2.24, 2.45) is 0 Å². The van der Waals surface area contributed by atoms with Crippen molar-refractivity contribution in [1.29, 1.82) is 0 Å². The smallest absolute Gasteiger partial charge is 0.219 e. The summed E-state index contributed by atoms with van der Waals surface area (Å²) in [6, 6.07) is 7.64. The summed E-state index contributed by atoms with van der Waals surface area (Å²) >= 11 is 0. The second kappa shape index (κ2) is 7.07. The Morgan fingerprint density at radius 2 is 1.81 bits per heavy atom. The van der Waals surface area contributed by atoms with Gasteiger partial charge in [0, 0.05) is 50.9 Å². The number of anilines is 3. The fourth-order valence-corrected chi connectivity index (χ4v) is 3.11. The number of benzene rings is 1. The van der Waals surface area contributed by atoms with Crippen LogP contribution in [0.1, 0.15) is 6.92 Å². The SMILES string of the molecule is CC(=O)N1CCN(c2cc(Nc3ccc4c(c3)OCCO4)ncn2)CC1. The molecule has 2 aliphatic heterocycles. The first-order valence-corrected chi connectivity index (χ1v) is 8.68. The van der Waals surface area contributed by atoms with E-state index in [1.807, 2.05) is 29.2 Å². The molecule has 0 unspecified atom stereocenters. The summed E-state index contributed by atoms with van der Waals surface area (Å²) in [6.45, 7) is 5.69. The molecule has 0 radical (unpaired) electrons. The van der Waals surface area contributed by atoms with Crippen molar-refractivity contribution in [1.82, 2.24) is 14.9 Å². The molecule has 4 rings (SSSR count). The van der Waals surface area contributed by atoms with Crippen molar-refractivity contribution in [3.8, 4) is 11.5 Å². The molecule has 2 aromatic rings. The van der Waals surface area contributed by atoms with Crippen molar-refractivity contribution in [3.63, 3.8) is 0 Å². The molecule has 0 bridgehead atoms. The van der Waals surface area contributed by atoms with Gasteiger partial charge >= 0.3 is 0 Å². The third-order valence-corrected chi connectivity index (χ3v) is 4.52. The third-order valence-electron chi connectivity index (χ3n) is 4.52. The number of aromatic nitrogens is 2. The quantitative estimate of drug-likeness (QED) is 0.897. The van der Waals surface area contributed by atoms with Crippen molar-refractivity contribution < 1.29 is 14.3 Å². The number of hydrogen-bond acceptors (Lipinski definition) is 7. The lowest BCUT2D eigenvalue weighted by molar-refractivity contribution is -0.129. The molecule has 2 aliphatic rings. The van der Waals surface area contributed by atoms with Crippen molar-refractivity contribution in [2.45, 2.75) is 6.92 Å². The molecule has 0 atom stereocenters. The molecule has 0 spiro atoms. The summed E-state index contributed by atoms with van der Waals surface area (Å²) < 4.78 is 11.2. The van der Waals surface area contributed by atoms with Gasteiger partial charge in [0.05, 0.1) is 0 Å². The monoisotopic (exact) mass is 355 g/mol. The lowest BCUT2D eigenvalue weighted by Crippen LogP contribution is -2.48. The Bertz CT molecular complexity index is 805. The lowest BCUT2D eigenvalue weighted by Gasteiger charge is -2.34. The number of carbonyl (C=O) groups is 1. The van der Waals surface area contributed by atoms with E-state index in [9.17, 15) is 4.79 Å². The van der Waals surface area contributed by atoms with E-state index in [2.05, 4.69) is 20.2 Å². The van der Waals surface area contributed by atoms with Gasteiger partial charge in [-0.15, -0.1) is 0 Å². The highest BCUT2D eigenvalue weighted by Crippen LogP contribution is 2.33. The normalized spacial score (nSPS) is 16.3. The first-order chi connectivity index (χ1) is 12.7. The summed E-state index contributed by atoms with van der Waals surface area (Å²) in [7, 11) is 0. The van der Waals surface area contributed by atoms with Crippen molar-refractivity contribution in [2.75, 3.05) is 49.6 Å². The summed E-state index contributed by atoms with van der Waals surface area (Å²) in [5, 5.41) is 3.28. The molecular formula is C18H21N5O3. The Hall–Kier alpha value is -3.03. The Balaban J connectivity index is 1.45. The van der Waals surface area contributed by atoms with Gasteiger partial charge in [-0.1, -0.05) is 0 Å². The number of piperazine rings is 1.